The molecule has 0 saturated carbocycles. The predicted molar refractivity (Wildman–Crippen MR) is 89.1 cm³/mol. The first-order valence-corrected chi connectivity index (χ1v) is 9.02. The number of aliphatic carboxylic acids is 2. The Labute approximate surface area is 135 Å². The lowest BCUT2D eigenvalue weighted by molar-refractivity contribution is -0.142. The molecular weight excluding hydrogens is 280 g/mol. The Morgan fingerprint density at radius 3 is 1.50 bits per heavy atom. The monoisotopic (exact) mass is 314 g/mol. The first kappa shape index (κ1) is 20.9. The molecule has 2 N–H and O–H groups in total. The molecule has 1 unspecified atom stereocenters. The van der Waals surface area contributed by atoms with E-state index in [2.05, 4.69) is 0 Å². The zero-order valence-electron chi connectivity index (χ0n) is 14.2. The number of carboxylic acids is 2. The zero-order chi connectivity index (χ0) is 16.6. The van der Waals surface area contributed by atoms with Crippen LogP contribution in [0.5, 0.6) is 0 Å². The van der Waals surface area contributed by atoms with Crippen LogP contribution in [0.3, 0.4) is 0 Å². The number of carbonyl (C=O) groups is 2. The second-order valence-corrected chi connectivity index (χ2v) is 6.26. The van der Waals surface area contributed by atoms with Crippen molar-refractivity contribution < 1.29 is 19.8 Å². The minimum absolute atomic E-state index is 0.152. The van der Waals surface area contributed by atoms with Gasteiger partial charge in [0.25, 0.3) is 0 Å². The first-order chi connectivity index (χ1) is 10.6. The van der Waals surface area contributed by atoms with E-state index in [9.17, 15) is 9.59 Å². The Bertz CT molecular complexity index is 289. The van der Waals surface area contributed by atoms with Crippen molar-refractivity contribution in [2.24, 2.45) is 5.92 Å². The number of hydrogen-bond donors (Lipinski definition) is 2. The smallest absolute Gasteiger partial charge is 0.306 e. The van der Waals surface area contributed by atoms with Crippen molar-refractivity contribution in [3.05, 3.63) is 0 Å². The van der Waals surface area contributed by atoms with Gasteiger partial charge in [-0.25, -0.2) is 0 Å². The molecule has 0 fully saturated rings. The maximum Gasteiger partial charge on any atom is 0.306 e. The molecule has 22 heavy (non-hydrogen) atoms. The lowest BCUT2D eigenvalue weighted by Crippen LogP contribution is -2.12. The lowest BCUT2D eigenvalue weighted by Gasteiger charge is -2.08. The zero-order valence-corrected chi connectivity index (χ0v) is 14.2. The number of carboxylic acid groups (broad SMARTS) is 2. The Morgan fingerprint density at radius 2 is 1.14 bits per heavy atom. The van der Waals surface area contributed by atoms with Crippen LogP contribution in [-0.4, -0.2) is 22.2 Å². The fourth-order valence-corrected chi connectivity index (χ4v) is 2.76. The molecule has 1 atom stereocenters. The molecule has 0 aliphatic rings. The van der Waals surface area contributed by atoms with Crippen LogP contribution in [0.25, 0.3) is 0 Å². The van der Waals surface area contributed by atoms with Gasteiger partial charge in [0.15, 0.2) is 0 Å². The van der Waals surface area contributed by atoms with E-state index < -0.39 is 11.9 Å². The van der Waals surface area contributed by atoms with Gasteiger partial charge < -0.3 is 10.2 Å². The van der Waals surface area contributed by atoms with Crippen molar-refractivity contribution in [2.75, 3.05) is 0 Å². The Morgan fingerprint density at radius 1 is 0.727 bits per heavy atom. The van der Waals surface area contributed by atoms with Gasteiger partial charge in [0.1, 0.15) is 0 Å². The topological polar surface area (TPSA) is 74.6 Å². The van der Waals surface area contributed by atoms with E-state index in [1.54, 1.807) is 0 Å². The molecule has 0 heterocycles. The minimum Gasteiger partial charge on any atom is -0.481 e. The minimum atomic E-state index is -0.686. The molecule has 0 spiro atoms. The van der Waals surface area contributed by atoms with Crippen LogP contribution in [0.4, 0.5) is 0 Å². The van der Waals surface area contributed by atoms with E-state index in [1.807, 2.05) is 6.92 Å². The fraction of sp³-hybridized carbons (Fsp3) is 0.889. The molecule has 0 aromatic carbocycles. The Hall–Kier alpha value is -1.06. The summed E-state index contributed by atoms with van der Waals surface area (Å²) in [4.78, 5) is 21.2. The van der Waals surface area contributed by atoms with Crippen molar-refractivity contribution in [3.8, 4) is 0 Å². The van der Waals surface area contributed by atoms with Crippen LogP contribution in [0, 0.1) is 5.92 Å². The normalized spacial score (nSPS) is 12.2. The highest BCUT2D eigenvalue weighted by molar-refractivity contribution is 5.69. The number of hydrogen-bond acceptors (Lipinski definition) is 2. The summed E-state index contributed by atoms with van der Waals surface area (Å²) < 4.78 is 0. The summed E-state index contributed by atoms with van der Waals surface area (Å²) in [5.74, 6) is -1.49. The Balaban J connectivity index is 3.17. The van der Waals surface area contributed by atoms with Crippen molar-refractivity contribution in [1.82, 2.24) is 0 Å². The van der Waals surface area contributed by atoms with Crippen LogP contribution in [0.2, 0.25) is 0 Å². The summed E-state index contributed by atoms with van der Waals surface area (Å²) in [5.41, 5.74) is 0. The lowest BCUT2D eigenvalue weighted by atomic mass is 9.98. The van der Waals surface area contributed by atoms with Crippen LogP contribution in [0.1, 0.15) is 96.8 Å². The molecule has 4 heteroatoms. The van der Waals surface area contributed by atoms with Crippen LogP contribution in [-0.2, 0) is 9.59 Å². The van der Waals surface area contributed by atoms with Gasteiger partial charge in [0.2, 0.25) is 0 Å². The van der Waals surface area contributed by atoms with E-state index in [1.165, 1.54) is 38.5 Å². The molecule has 0 aromatic heterocycles. The second kappa shape index (κ2) is 14.9. The molecule has 0 aromatic rings. The fourth-order valence-electron chi connectivity index (χ4n) is 2.76. The summed E-state index contributed by atoms with van der Waals surface area (Å²) in [6.07, 6.45) is 14.5. The van der Waals surface area contributed by atoms with Gasteiger partial charge in [-0.05, 0) is 19.3 Å². The molecule has 4 nitrogen and oxygen atoms in total. The third kappa shape index (κ3) is 13.9. The molecular formula is C18H34O4. The summed E-state index contributed by atoms with van der Waals surface area (Å²) >= 11 is 0. The van der Waals surface area contributed by atoms with Gasteiger partial charge in [-0.2, -0.15) is 0 Å². The number of unbranched alkanes of at least 4 members (excludes halogenated alkanes) is 10. The molecule has 0 saturated heterocycles. The average Bonchev–Trinajstić information content (AvgIpc) is 2.47. The van der Waals surface area contributed by atoms with Gasteiger partial charge in [0.05, 0.1) is 5.92 Å². The molecule has 0 amide bonds. The van der Waals surface area contributed by atoms with E-state index >= 15 is 0 Å². The quantitative estimate of drug-likeness (QED) is 0.381. The van der Waals surface area contributed by atoms with E-state index in [0.29, 0.717) is 6.42 Å². The highest BCUT2D eigenvalue weighted by atomic mass is 16.4. The third-order valence-electron chi connectivity index (χ3n) is 4.29. The van der Waals surface area contributed by atoms with Gasteiger partial charge >= 0.3 is 11.9 Å². The van der Waals surface area contributed by atoms with Crippen LogP contribution < -0.4 is 0 Å². The van der Waals surface area contributed by atoms with Gasteiger partial charge in [-0.1, -0.05) is 71.1 Å². The molecule has 130 valence electrons. The maximum absolute atomic E-state index is 10.9. The molecule has 0 aliphatic heterocycles. The molecule has 0 rings (SSSR count). The molecule has 0 bridgehead atoms. The van der Waals surface area contributed by atoms with Crippen LogP contribution in [0.15, 0.2) is 0 Å². The Kier molecular flexibility index (Phi) is 14.1. The van der Waals surface area contributed by atoms with E-state index in [-0.39, 0.29) is 5.92 Å². The van der Waals surface area contributed by atoms with Crippen molar-refractivity contribution in [1.29, 1.82) is 0 Å². The summed E-state index contributed by atoms with van der Waals surface area (Å²) in [6.45, 7) is 1.94. The van der Waals surface area contributed by atoms with Gasteiger partial charge in [-0.3, -0.25) is 9.59 Å². The standard InChI is InChI=1S/C18H34O4/c1-2-16(18(21)22)14-12-10-8-6-4-3-5-7-9-11-13-15-17(19)20/h16H,2-15H2,1H3,(H,19,20)(H,21,22). The van der Waals surface area contributed by atoms with Crippen molar-refractivity contribution in [3.63, 3.8) is 0 Å². The second-order valence-electron chi connectivity index (χ2n) is 6.26. The van der Waals surface area contributed by atoms with Crippen LogP contribution >= 0.6 is 0 Å². The highest BCUT2D eigenvalue weighted by Crippen LogP contribution is 2.16. The molecule has 0 aliphatic carbocycles. The predicted octanol–water partition coefficient (Wildman–Crippen LogP) is 5.25. The van der Waals surface area contributed by atoms with Crippen molar-refractivity contribution >= 4 is 11.9 Å². The molecule has 0 radical (unpaired) electrons. The van der Waals surface area contributed by atoms with Crippen molar-refractivity contribution in [2.45, 2.75) is 96.8 Å². The largest absolute Gasteiger partial charge is 0.481 e. The maximum atomic E-state index is 10.9. The SMILES string of the molecule is CCC(CCCCCCCCCCCCCC(=O)O)C(=O)O. The summed E-state index contributed by atoms with van der Waals surface area (Å²) in [6, 6.07) is 0. The third-order valence-corrected chi connectivity index (χ3v) is 4.29. The van der Waals surface area contributed by atoms with E-state index in [4.69, 9.17) is 10.2 Å². The van der Waals surface area contributed by atoms with Gasteiger partial charge in [-0.15, -0.1) is 0 Å². The van der Waals surface area contributed by atoms with E-state index in [0.717, 1.165) is 44.9 Å². The summed E-state index contributed by atoms with van der Waals surface area (Å²) in [5, 5.41) is 17.5. The first-order valence-electron chi connectivity index (χ1n) is 9.02. The average molecular weight is 314 g/mol. The summed E-state index contributed by atoms with van der Waals surface area (Å²) in [7, 11) is 0. The van der Waals surface area contributed by atoms with Gasteiger partial charge in [0, 0.05) is 6.42 Å². The highest BCUT2D eigenvalue weighted by Gasteiger charge is 2.13. The number of rotatable bonds is 16.